The first kappa shape index (κ1) is 25.0. The minimum atomic E-state index is 0.604. The van der Waals surface area contributed by atoms with Crippen LogP contribution in [0.4, 0.5) is 0 Å². The summed E-state index contributed by atoms with van der Waals surface area (Å²) in [6.07, 6.45) is 0. The average molecular weight is 559 g/mol. The van der Waals surface area contributed by atoms with Crippen LogP contribution in [0, 0.1) is 6.92 Å². The lowest BCUT2D eigenvalue weighted by molar-refractivity contribution is 0.960. The van der Waals surface area contributed by atoms with Crippen LogP contribution in [0.15, 0.2) is 102 Å². The van der Waals surface area contributed by atoms with Gasteiger partial charge in [0, 0.05) is 63.2 Å². The highest BCUT2D eigenvalue weighted by Crippen LogP contribution is 2.34. The van der Waals surface area contributed by atoms with E-state index in [1.54, 1.807) is 7.05 Å². The van der Waals surface area contributed by atoms with E-state index in [0.717, 1.165) is 66.1 Å². The minimum absolute atomic E-state index is 0.604. The molecule has 0 amide bonds. The van der Waals surface area contributed by atoms with Crippen molar-refractivity contribution in [2.75, 3.05) is 7.05 Å². The lowest BCUT2D eigenvalue weighted by Crippen LogP contribution is -2.08. The zero-order valence-corrected chi connectivity index (χ0v) is 23.9. The van der Waals surface area contributed by atoms with Crippen molar-refractivity contribution in [3.8, 4) is 22.8 Å². The van der Waals surface area contributed by atoms with Crippen LogP contribution in [0.5, 0.6) is 0 Å². The Balaban J connectivity index is 1.66. The summed E-state index contributed by atoms with van der Waals surface area (Å²) in [4.78, 5) is 33.6. The van der Waals surface area contributed by atoms with Gasteiger partial charge in [-0.05, 0) is 6.92 Å². The molecule has 8 rings (SSSR count). The molecule has 1 aliphatic heterocycles. The molecule has 0 spiro atoms. The second kappa shape index (κ2) is 9.66. The fraction of sp³-hybridized carbons (Fsp3) is 0.0857. The first-order chi connectivity index (χ1) is 21.1. The highest BCUT2D eigenvalue weighted by molar-refractivity contribution is 6.06. The van der Waals surface area contributed by atoms with Crippen molar-refractivity contribution in [1.82, 2.24) is 34.5 Å². The van der Waals surface area contributed by atoms with Crippen molar-refractivity contribution in [1.29, 1.82) is 0 Å². The highest BCUT2D eigenvalue weighted by atomic mass is 15.1. The third-order valence-electron chi connectivity index (χ3n) is 8.03. The van der Waals surface area contributed by atoms with Crippen LogP contribution in [0.2, 0.25) is 0 Å². The largest absolute Gasteiger partial charge is 0.324 e. The first-order valence-corrected chi connectivity index (χ1v) is 14.1. The number of fused-ring (bicyclic) bond motifs is 16. The summed E-state index contributed by atoms with van der Waals surface area (Å²) >= 11 is 0. The fourth-order valence-electron chi connectivity index (χ4n) is 5.95. The van der Waals surface area contributed by atoms with E-state index >= 15 is 0 Å². The van der Waals surface area contributed by atoms with Crippen LogP contribution in [0.3, 0.4) is 0 Å². The van der Waals surface area contributed by atoms with Crippen LogP contribution >= 0.6 is 0 Å². The van der Waals surface area contributed by atoms with Gasteiger partial charge < -0.3 is 9.55 Å². The zero-order chi connectivity index (χ0) is 29.1. The van der Waals surface area contributed by atoms with E-state index in [-0.39, 0.29) is 0 Å². The summed E-state index contributed by atoms with van der Waals surface area (Å²) in [5.41, 5.74) is 6.27. The maximum absolute atomic E-state index is 5.16. The molecule has 0 saturated carbocycles. The lowest BCUT2D eigenvalue weighted by Gasteiger charge is -1.99. The minimum Gasteiger partial charge on any atom is -0.324 e. The van der Waals surface area contributed by atoms with Gasteiger partial charge in [0.15, 0.2) is 17.1 Å². The maximum atomic E-state index is 5.16. The van der Waals surface area contributed by atoms with E-state index in [2.05, 4.69) is 40.3 Å². The van der Waals surface area contributed by atoms with Crippen molar-refractivity contribution in [3.05, 3.63) is 108 Å². The molecule has 8 heteroatoms. The summed E-state index contributed by atoms with van der Waals surface area (Å²) in [6.45, 7) is 2.01. The number of benzene rings is 4. The second-order valence-electron chi connectivity index (χ2n) is 10.5. The Morgan fingerprint density at radius 1 is 0.535 bits per heavy atom. The molecule has 0 aliphatic carbocycles. The van der Waals surface area contributed by atoms with Gasteiger partial charge in [0.05, 0.1) is 0 Å². The van der Waals surface area contributed by atoms with Gasteiger partial charge in [-0.15, -0.1) is 0 Å². The number of nitrogens with one attached hydrogen (secondary N) is 1. The Morgan fingerprint density at radius 3 is 1.65 bits per heavy atom. The molecule has 43 heavy (non-hydrogen) atoms. The first-order valence-electron chi connectivity index (χ1n) is 14.1. The molecule has 0 radical (unpaired) electrons. The number of hydrogen-bond donors (Lipinski definition) is 1. The van der Waals surface area contributed by atoms with Gasteiger partial charge in [0.25, 0.3) is 0 Å². The van der Waals surface area contributed by atoms with Gasteiger partial charge in [-0.2, -0.15) is 0 Å². The molecule has 1 aliphatic rings. The third-order valence-corrected chi connectivity index (χ3v) is 8.03. The molecule has 3 aromatic heterocycles. The smallest absolute Gasteiger partial charge is 0.164 e. The number of nitrogens with zero attached hydrogens (tertiary/aromatic N) is 7. The molecule has 8 nitrogen and oxygen atoms in total. The van der Waals surface area contributed by atoms with Crippen molar-refractivity contribution in [2.24, 2.45) is 12.0 Å². The van der Waals surface area contributed by atoms with Crippen LogP contribution in [0.1, 0.15) is 5.69 Å². The molecule has 0 saturated heterocycles. The predicted octanol–water partition coefficient (Wildman–Crippen LogP) is 6.83. The van der Waals surface area contributed by atoms with Gasteiger partial charge in [-0.1, -0.05) is 97.1 Å². The number of aromatic nitrogens is 7. The molecule has 206 valence electrons. The topological polar surface area (TPSA) is 97.5 Å². The number of H-pyrrole nitrogens is 1. The predicted molar refractivity (Wildman–Crippen MR) is 172 cm³/mol. The normalized spacial score (nSPS) is 12.2. The van der Waals surface area contributed by atoms with Crippen molar-refractivity contribution >= 4 is 54.9 Å². The molecular formula is C35H26N8. The number of aromatic amines is 1. The lowest BCUT2D eigenvalue weighted by atomic mass is 10.1. The molecule has 6 bridgehead atoms. The monoisotopic (exact) mass is 558 g/mol. The number of aryl methyl sites for hydroxylation is 2. The summed E-state index contributed by atoms with van der Waals surface area (Å²) in [5, 5.41) is 5.77. The molecule has 1 N–H and O–H groups in total. The van der Waals surface area contributed by atoms with Gasteiger partial charge >= 0.3 is 0 Å². The third kappa shape index (κ3) is 3.91. The van der Waals surface area contributed by atoms with Crippen molar-refractivity contribution < 1.29 is 0 Å². The Labute approximate surface area is 246 Å². The summed E-state index contributed by atoms with van der Waals surface area (Å²) in [5.74, 6) is 1.21. The summed E-state index contributed by atoms with van der Waals surface area (Å²) in [7, 11) is 3.76. The van der Waals surface area contributed by atoms with E-state index in [9.17, 15) is 0 Å². The number of rotatable bonds is 0. The zero-order valence-electron chi connectivity index (χ0n) is 23.9. The van der Waals surface area contributed by atoms with Gasteiger partial charge in [-0.3, -0.25) is 4.99 Å². The Bertz CT molecular complexity index is 2510. The summed E-state index contributed by atoms with van der Waals surface area (Å²) < 4.78 is 2.02. The van der Waals surface area contributed by atoms with Crippen LogP contribution in [-0.4, -0.2) is 41.5 Å². The van der Waals surface area contributed by atoms with Crippen LogP contribution in [-0.2, 0) is 7.05 Å². The van der Waals surface area contributed by atoms with Gasteiger partial charge in [0.1, 0.15) is 22.6 Å². The second-order valence-corrected chi connectivity index (χ2v) is 10.5. The van der Waals surface area contributed by atoms with Crippen molar-refractivity contribution in [2.45, 2.75) is 6.92 Å². The molecular weight excluding hydrogens is 532 g/mol. The van der Waals surface area contributed by atoms with Crippen molar-refractivity contribution in [3.63, 3.8) is 0 Å². The van der Waals surface area contributed by atoms with Gasteiger partial charge in [0.2, 0.25) is 0 Å². The highest BCUT2D eigenvalue weighted by Gasteiger charge is 2.20. The Morgan fingerprint density at radius 2 is 1.02 bits per heavy atom. The van der Waals surface area contributed by atoms with E-state index in [1.807, 2.05) is 85.3 Å². The summed E-state index contributed by atoms with van der Waals surface area (Å²) in [6, 6.07) is 32.5. The maximum Gasteiger partial charge on any atom is 0.164 e. The van der Waals surface area contributed by atoms with Gasteiger partial charge in [-0.25, -0.2) is 24.9 Å². The Hall–Kier alpha value is -5.76. The van der Waals surface area contributed by atoms with E-state index in [0.29, 0.717) is 22.8 Å². The standard InChI is InChI=1S/C35H26N8/c1-20-21-12-4-5-13-22(21)29(36-2)41-34-27-18-10-11-19-28(27)35(43(34)3)42-33-26-17-9-8-16-25(26)32(40-33)39-31-24-15-7-6-14-23(24)30(37-20)38-31/h4-19,38H,1-3H3. The van der Waals surface area contributed by atoms with Crippen LogP contribution < -0.4 is 5.49 Å². The van der Waals surface area contributed by atoms with E-state index in [1.165, 1.54) is 0 Å². The average Bonchev–Trinajstić information content (AvgIpc) is 3.66. The molecule has 0 fully saturated rings. The number of hydrogen-bond acceptors (Lipinski definition) is 6. The van der Waals surface area contributed by atoms with Crippen LogP contribution in [0.25, 0.3) is 77.7 Å². The molecule has 0 atom stereocenters. The van der Waals surface area contributed by atoms with E-state index < -0.39 is 0 Å². The SMILES string of the molecule is CN=c1nc2c3ccccc3c(nc3nc(nc4[nH]c(nc(C)c5ccccc15)c1ccccc41)-c1ccccc1-3)n2C. The molecule has 7 aromatic rings. The molecule has 4 heterocycles. The molecule has 0 unspecified atom stereocenters. The Kier molecular flexibility index (Phi) is 5.62. The quantitative estimate of drug-likeness (QED) is 0.220. The molecule has 4 aromatic carbocycles. The fourth-order valence-corrected chi connectivity index (χ4v) is 5.95. The van der Waals surface area contributed by atoms with E-state index in [4.69, 9.17) is 24.9 Å².